The highest BCUT2D eigenvalue weighted by molar-refractivity contribution is 9.10. The molecule has 0 radical (unpaired) electrons. The molecule has 0 atom stereocenters. The average Bonchev–Trinajstić information content (AvgIpc) is 3.58. The van der Waals surface area contributed by atoms with Gasteiger partial charge in [-0.05, 0) is 59.0 Å². The SMILES string of the molecule is Cc1ccc(S(=O)(=O)n2cc(-c3ccc(-c4cnn(C)c4)cc3)c3c(N4CCC(C#N)CC4)c(Br)cnc32)cc1. The van der Waals surface area contributed by atoms with Crippen molar-refractivity contribution in [2.24, 2.45) is 13.0 Å². The van der Waals surface area contributed by atoms with Crippen molar-refractivity contribution in [2.45, 2.75) is 24.7 Å². The summed E-state index contributed by atoms with van der Waals surface area (Å²) < 4.78 is 31.8. The molecule has 1 aliphatic heterocycles. The van der Waals surface area contributed by atoms with Gasteiger partial charge in [0.2, 0.25) is 0 Å². The molecule has 5 aromatic rings. The molecule has 0 unspecified atom stereocenters. The van der Waals surface area contributed by atoms with Crippen molar-refractivity contribution in [1.82, 2.24) is 18.7 Å². The van der Waals surface area contributed by atoms with E-state index in [0.29, 0.717) is 18.7 Å². The van der Waals surface area contributed by atoms with E-state index in [2.05, 4.69) is 37.0 Å². The van der Waals surface area contributed by atoms with Gasteiger partial charge >= 0.3 is 0 Å². The molecular weight excluding hydrogens is 588 g/mol. The fourth-order valence-corrected chi connectivity index (χ4v) is 7.18. The Hall–Kier alpha value is -3.94. The second-order valence-electron chi connectivity index (χ2n) is 10.2. The minimum absolute atomic E-state index is 0.0263. The second-order valence-corrected chi connectivity index (χ2v) is 12.8. The summed E-state index contributed by atoms with van der Waals surface area (Å²) in [6.45, 7) is 3.33. The molecule has 0 saturated carbocycles. The Morgan fingerprint density at radius 2 is 1.62 bits per heavy atom. The number of piperidine rings is 1. The standard InChI is InChI=1S/C30H27BrN6O2S/c1-20-3-9-25(10-4-20)40(38,39)37-19-26(23-7-5-22(6-8-23)24-16-34-35(2)18-24)28-29(27(31)17-33-30(28)37)36-13-11-21(15-32)12-14-36/h3-10,16-19,21H,11-14H2,1-2H3. The fourth-order valence-electron chi connectivity index (χ4n) is 5.31. The molecule has 1 fully saturated rings. The summed E-state index contributed by atoms with van der Waals surface area (Å²) in [5, 5.41) is 14.5. The van der Waals surface area contributed by atoms with Crippen molar-refractivity contribution in [3.05, 3.63) is 83.4 Å². The monoisotopic (exact) mass is 614 g/mol. The molecule has 8 nitrogen and oxygen atoms in total. The van der Waals surface area contributed by atoms with Gasteiger partial charge in [0.25, 0.3) is 10.0 Å². The maximum Gasteiger partial charge on any atom is 0.269 e. The number of aromatic nitrogens is 4. The quantitative estimate of drug-likeness (QED) is 0.235. The Morgan fingerprint density at radius 3 is 2.25 bits per heavy atom. The zero-order chi connectivity index (χ0) is 28.0. The van der Waals surface area contributed by atoms with Crippen LogP contribution in [0.2, 0.25) is 0 Å². The highest BCUT2D eigenvalue weighted by Crippen LogP contribution is 2.43. The van der Waals surface area contributed by atoms with Crippen LogP contribution in [0, 0.1) is 24.2 Å². The lowest BCUT2D eigenvalue weighted by Crippen LogP contribution is -2.33. The third kappa shape index (κ3) is 4.59. The van der Waals surface area contributed by atoms with Crippen molar-refractivity contribution in [3.63, 3.8) is 0 Å². The van der Waals surface area contributed by atoms with Gasteiger partial charge in [-0.15, -0.1) is 0 Å². The minimum atomic E-state index is -3.92. The second kappa shape index (κ2) is 10.2. The lowest BCUT2D eigenvalue weighted by atomic mass is 9.97. The van der Waals surface area contributed by atoms with E-state index in [9.17, 15) is 13.7 Å². The highest BCUT2D eigenvalue weighted by atomic mass is 79.9. The number of hydrogen-bond acceptors (Lipinski definition) is 6. The van der Waals surface area contributed by atoms with Crippen LogP contribution in [0.4, 0.5) is 5.69 Å². The summed E-state index contributed by atoms with van der Waals surface area (Å²) >= 11 is 3.71. The number of fused-ring (bicyclic) bond motifs is 1. The zero-order valence-electron chi connectivity index (χ0n) is 22.1. The number of halogens is 1. The first kappa shape index (κ1) is 26.3. The molecule has 1 aliphatic rings. The van der Waals surface area contributed by atoms with Gasteiger partial charge in [0.05, 0.1) is 32.7 Å². The molecular formula is C30H27BrN6O2S. The third-order valence-electron chi connectivity index (χ3n) is 7.52. The van der Waals surface area contributed by atoms with Crippen LogP contribution in [0.15, 0.2) is 82.7 Å². The number of hydrogen-bond donors (Lipinski definition) is 0. The summed E-state index contributed by atoms with van der Waals surface area (Å²) in [5.41, 5.74) is 5.92. The van der Waals surface area contributed by atoms with E-state index in [-0.39, 0.29) is 10.8 Å². The van der Waals surface area contributed by atoms with Gasteiger partial charge in [0.15, 0.2) is 5.65 Å². The van der Waals surface area contributed by atoms with Gasteiger partial charge in [0.1, 0.15) is 0 Å². The van der Waals surface area contributed by atoms with Gasteiger partial charge in [-0.1, -0.05) is 42.0 Å². The van der Waals surface area contributed by atoms with Crippen LogP contribution < -0.4 is 4.90 Å². The minimum Gasteiger partial charge on any atom is -0.370 e. The number of anilines is 1. The topological polar surface area (TPSA) is 96.8 Å². The molecule has 202 valence electrons. The van der Waals surface area contributed by atoms with E-state index in [1.807, 2.05) is 50.6 Å². The Morgan fingerprint density at radius 1 is 0.950 bits per heavy atom. The van der Waals surface area contributed by atoms with Gasteiger partial charge in [-0.3, -0.25) is 4.68 Å². The van der Waals surface area contributed by atoms with Gasteiger partial charge in [-0.2, -0.15) is 10.4 Å². The Labute approximate surface area is 241 Å². The Balaban J connectivity index is 1.55. The van der Waals surface area contributed by atoms with E-state index in [1.54, 1.807) is 41.3 Å². The molecule has 0 amide bonds. The van der Waals surface area contributed by atoms with Gasteiger partial charge < -0.3 is 4.90 Å². The summed E-state index contributed by atoms with van der Waals surface area (Å²) in [5.74, 6) is 0.0263. The number of benzene rings is 2. The van der Waals surface area contributed by atoms with E-state index in [4.69, 9.17) is 0 Å². The predicted octanol–water partition coefficient (Wildman–Crippen LogP) is 6.15. The third-order valence-corrected chi connectivity index (χ3v) is 9.76. The van der Waals surface area contributed by atoms with Crippen LogP contribution in [-0.4, -0.2) is 40.2 Å². The fraction of sp³-hybridized carbons (Fsp3) is 0.233. The van der Waals surface area contributed by atoms with Gasteiger partial charge in [-0.25, -0.2) is 17.4 Å². The van der Waals surface area contributed by atoms with Crippen LogP contribution in [-0.2, 0) is 17.1 Å². The number of nitriles is 1. The molecule has 0 bridgehead atoms. The maximum absolute atomic E-state index is 14.0. The molecule has 1 saturated heterocycles. The van der Waals surface area contributed by atoms with Crippen molar-refractivity contribution in [2.75, 3.05) is 18.0 Å². The van der Waals surface area contributed by atoms with E-state index in [1.165, 1.54) is 3.97 Å². The molecule has 0 aliphatic carbocycles. The summed E-state index contributed by atoms with van der Waals surface area (Å²) in [6.07, 6.45) is 8.64. The Bertz CT molecular complexity index is 1860. The molecule has 3 aromatic heterocycles. The number of aryl methyl sites for hydroxylation is 2. The first-order chi connectivity index (χ1) is 19.3. The van der Waals surface area contributed by atoms with Crippen LogP contribution in [0.25, 0.3) is 33.3 Å². The molecule has 0 spiro atoms. The lowest BCUT2D eigenvalue weighted by Gasteiger charge is -2.32. The van der Waals surface area contributed by atoms with Crippen LogP contribution in [0.3, 0.4) is 0 Å². The van der Waals surface area contributed by atoms with Crippen LogP contribution in [0.1, 0.15) is 18.4 Å². The first-order valence-corrected chi connectivity index (χ1v) is 15.3. The van der Waals surface area contributed by atoms with Crippen LogP contribution in [0.5, 0.6) is 0 Å². The van der Waals surface area contributed by atoms with Gasteiger partial charge in [0, 0.05) is 55.8 Å². The summed E-state index contributed by atoms with van der Waals surface area (Å²) in [6, 6.07) is 17.3. The molecule has 4 heterocycles. The number of pyridine rings is 1. The smallest absolute Gasteiger partial charge is 0.269 e. The van der Waals surface area contributed by atoms with Crippen molar-refractivity contribution >= 4 is 42.7 Å². The van der Waals surface area contributed by atoms with Crippen molar-refractivity contribution in [3.8, 4) is 28.3 Å². The number of nitrogens with zero attached hydrogens (tertiary/aromatic N) is 6. The van der Waals surface area contributed by atoms with Crippen LogP contribution >= 0.6 is 15.9 Å². The van der Waals surface area contributed by atoms with E-state index >= 15 is 0 Å². The molecule has 10 heteroatoms. The Kier molecular flexibility index (Phi) is 6.72. The van der Waals surface area contributed by atoms with Crippen molar-refractivity contribution < 1.29 is 8.42 Å². The largest absolute Gasteiger partial charge is 0.370 e. The molecule has 40 heavy (non-hydrogen) atoms. The molecule has 0 N–H and O–H groups in total. The molecule has 2 aromatic carbocycles. The molecule has 6 rings (SSSR count). The predicted molar refractivity (Wildman–Crippen MR) is 159 cm³/mol. The number of rotatable bonds is 5. The highest BCUT2D eigenvalue weighted by Gasteiger charge is 2.29. The summed E-state index contributed by atoms with van der Waals surface area (Å²) in [4.78, 5) is 7.08. The van der Waals surface area contributed by atoms with E-state index in [0.717, 1.165) is 56.2 Å². The zero-order valence-corrected chi connectivity index (χ0v) is 24.5. The first-order valence-electron chi connectivity index (χ1n) is 13.0. The van der Waals surface area contributed by atoms with Crippen molar-refractivity contribution in [1.29, 1.82) is 5.26 Å². The van der Waals surface area contributed by atoms with E-state index < -0.39 is 10.0 Å². The summed E-state index contributed by atoms with van der Waals surface area (Å²) in [7, 11) is -2.04. The normalized spacial score (nSPS) is 14.5. The maximum atomic E-state index is 14.0. The average molecular weight is 616 g/mol. The lowest BCUT2D eigenvalue weighted by molar-refractivity contribution is 0.488.